The third kappa shape index (κ3) is 22.1. The molecule has 258 valence electrons. The van der Waals surface area contributed by atoms with E-state index < -0.39 is 0 Å². The molecule has 0 saturated heterocycles. The Balaban J connectivity index is 2.67. The Bertz CT molecular complexity index is 717. The van der Waals surface area contributed by atoms with E-state index >= 15 is 0 Å². The summed E-state index contributed by atoms with van der Waals surface area (Å²) in [5.41, 5.74) is 1.59. The number of carbonyl (C=O) groups excluding carboxylic acids is 2. The van der Waals surface area contributed by atoms with Crippen LogP contribution in [0.25, 0.3) is 0 Å². The number of nitrogens with zero attached hydrogens (tertiary/aromatic N) is 1. The molecule has 1 rings (SSSR count). The SMILES string of the molecule is CCCCCCCC(CCCCCCC)OC(=O)CCCC(CCCC=C1CC1)N(CCC)C(=O)NCCC(C)CCCC. The summed E-state index contributed by atoms with van der Waals surface area (Å²) in [6, 6.07) is 0.250. The minimum absolute atomic E-state index is 0.0399. The molecule has 5 nitrogen and oxygen atoms in total. The molecule has 1 aliphatic carbocycles. The molecule has 2 atom stereocenters. The molecule has 0 aromatic heterocycles. The van der Waals surface area contributed by atoms with Gasteiger partial charge in [-0.2, -0.15) is 0 Å². The lowest BCUT2D eigenvalue weighted by molar-refractivity contribution is -0.150. The summed E-state index contributed by atoms with van der Waals surface area (Å²) in [4.78, 5) is 28.5. The van der Waals surface area contributed by atoms with Crippen LogP contribution in [-0.2, 0) is 9.53 Å². The Morgan fingerprint density at radius 1 is 0.727 bits per heavy atom. The molecular weight excluding hydrogens is 544 g/mol. The summed E-state index contributed by atoms with van der Waals surface area (Å²) in [5, 5.41) is 3.25. The van der Waals surface area contributed by atoms with Crippen molar-refractivity contribution in [2.45, 2.75) is 207 Å². The highest BCUT2D eigenvalue weighted by Gasteiger charge is 2.24. The molecule has 0 aliphatic heterocycles. The predicted octanol–water partition coefficient (Wildman–Crippen LogP) is 11.7. The van der Waals surface area contributed by atoms with Gasteiger partial charge in [-0.3, -0.25) is 4.79 Å². The van der Waals surface area contributed by atoms with Gasteiger partial charge in [0.25, 0.3) is 0 Å². The molecule has 0 radical (unpaired) electrons. The van der Waals surface area contributed by atoms with Crippen molar-refractivity contribution in [3.8, 4) is 0 Å². The van der Waals surface area contributed by atoms with E-state index in [1.807, 2.05) is 0 Å². The number of ether oxygens (including phenoxy) is 1. The molecule has 1 fully saturated rings. The lowest BCUT2D eigenvalue weighted by Crippen LogP contribution is -2.47. The molecule has 0 heterocycles. The molecule has 1 saturated carbocycles. The Hall–Kier alpha value is -1.52. The Kier molecular flexibility index (Phi) is 25.6. The summed E-state index contributed by atoms with van der Waals surface area (Å²) < 4.78 is 6.10. The molecule has 0 spiro atoms. The second-order valence-electron chi connectivity index (χ2n) is 13.8. The zero-order valence-electron chi connectivity index (χ0n) is 30.1. The number of rotatable bonds is 30. The van der Waals surface area contributed by atoms with Crippen molar-refractivity contribution < 1.29 is 14.3 Å². The Morgan fingerprint density at radius 2 is 1.34 bits per heavy atom. The van der Waals surface area contributed by atoms with Gasteiger partial charge < -0.3 is 15.0 Å². The second kappa shape index (κ2) is 27.8. The smallest absolute Gasteiger partial charge is 0.317 e. The average Bonchev–Trinajstić information content (AvgIpc) is 3.84. The van der Waals surface area contributed by atoms with Gasteiger partial charge in [0.05, 0.1) is 0 Å². The first-order chi connectivity index (χ1) is 21.4. The van der Waals surface area contributed by atoms with Crippen molar-refractivity contribution in [1.29, 1.82) is 0 Å². The number of unbranched alkanes of at least 4 members (excludes halogenated alkanes) is 10. The normalized spacial score (nSPS) is 14.0. The van der Waals surface area contributed by atoms with Crippen LogP contribution in [0.3, 0.4) is 0 Å². The molecule has 0 bridgehead atoms. The largest absolute Gasteiger partial charge is 0.462 e. The van der Waals surface area contributed by atoms with E-state index in [0.29, 0.717) is 12.3 Å². The fraction of sp³-hybridized carbons (Fsp3) is 0.897. The molecular formula is C39H74N2O3. The van der Waals surface area contributed by atoms with Gasteiger partial charge in [-0.05, 0) is 89.4 Å². The molecule has 0 aromatic carbocycles. The summed E-state index contributed by atoms with van der Waals surface area (Å²) >= 11 is 0. The van der Waals surface area contributed by atoms with Gasteiger partial charge in [-0.25, -0.2) is 4.79 Å². The van der Waals surface area contributed by atoms with Crippen LogP contribution in [0.1, 0.15) is 195 Å². The standard InChI is InChI=1S/C39H74N2O3/c1-6-10-13-15-17-26-37(27-18-16-14-11-7-2)44-38(42)28-21-25-36(24-20-19-23-35-29-30-35)41(33-9-4)39(43)40-32-31-34(5)22-12-8-3/h23,34,36-37H,6-22,24-33H2,1-5H3,(H,40,43). The van der Waals surface area contributed by atoms with Gasteiger partial charge in [-0.15, -0.1) is 0 Å². The van der Waals surface area contributed by atoms with Gasteiger partial charge in [0, 0.05) is 25.6 Å². The van der Waals surface area contributed by atoms with Crippen molar-refractivity contribution in [1.82, 2.24) is 10.2 Å². The molecule has 1 N–H and O–H groups in total. The first kappa shape index (κ1) is 40.5. The van der Waals surface area contributed by atoms with Crippen LogP contribution < -0.4 is 5.32 Å². The third-order valence-corrected chi connectivity index (χ3v) is 9.32. The number of allylic oxidation sites excluding steroid dienone is 2. The van der Waals surface area contributed by atoms with E-state index in [2.05, 4.69) is 50.9 Å². The van der Waals surface area contributed by atoms with E-state index in [1.165, 1.54) is 83.5 Å². The van der Waals surface area contributed by atoms with Crippen molar-refractivity contribution in [2.75, 3.05) is 13.1 Å². The van der Waals surface area contributed by atoms with E-state index in [9.17, 15) is 9.59 Å². The summed E-state index contributed by atoms with van der Waals surface area (Å²) in [6.07, 6.45) is 30.5. The predicted molar refractivity (Wildman–Crippen MR) is 189 cm³/mol. The molecule has 44 heavy (non-hydrogen) atoms. The quantitative estimate of drug-likeness (QED) is 0.0495. The van der Waals surface area contributed by atoms with E-state index in [4.69, 9.17) is 4.74 Å². The van der Waals surface area contributed by atoms with Gasteiger partial charge in [-0.1, -0.05) is 117 Å². The second-order valence-corrected chi connectivity index (χ2v) is 13.8. The van der Waals surface area contributed by atoms with Crippen molar-refractivity contribution >= 4 is 12.0 Å². The number of hydrogen-bond donors (Lipinski definition) is 1. The molecule has 1 aliphatic rings. The first-order valence-corrected chi connectivity index (χ1v) is 19.4. The number of nitrogens with one attached hydrogen (secondary N) is 1. The molecule has 5 heteroatoms. The monoisotopic (exact) mass is 619 g/mol. The lowest BCUT2D eigenvalue weighted by atomic mass is 10.0. The lowest BCUT2D eigenvalue weighted by Gasteiger charge is -2.32. The maximum atomic E-state index is 13.4. The fourth-order valence-electron chi connectivity index (χ4n) is 6.25. The average molecular weight is 619 g/mol. The molecule has 2 amide bonds. The first-order valence-electron chi connectivity index (χ1n) is 19.4. The number of esters is 1. The topological polar surface area (TPSA) is 58.6 Å². The minimum Gasteiger partial charge on any atom is -0.462 e. The molecule has 2 unspecified atom stereocenters. The van der Waals surface area contributed by atoms with Crippen molar-refractivity contribution in [2.24, 2.45) is 5.92 Å². The zero-order valence-corrected chi connectivity index (χ0v) is 30.1. The number of carbonyl (C=O) groups is 2. The highest BCUT2D eigenvalue weighted by molar-refractivity contribution is 5.74. The van der Waals surface area contributed by atoms with Crippen LogP contribution in [0.4, 0.5) is 4.79 Å². The highest BCUT2D eigenvalue weighted by Crippen LogP contribution is 2.29. The maximum Gasteiger partial charge on any atom is 0.317 e. The minimum atomic E-state index is -0.0399. The van der Waals surface area contributed by atoms with E-state index in [1.54, 1.807) is 5.57 Å². The van der Waals surface area contributed by atoms with Crippen LogP contribution in [-0.4, -0.2) is 42.1 Å². The van der Waals surface area contributed by atoms with Crippen LogP contribution in [0.5, 0.6) is 0 Å². The maximum absolute atomic E-state index is 13.4. The summed E-state index contributed by atoms with van der Waals surface area (Å²) in [6.45, 7) is 12.7. The van der Waals surface area contributed by atoms with Crippen molar-refractivity contribution in [3.05, 3.63) is 11.6 Å². The third-order valence-electron chi connectivity index (χ3n) is 9.32. The Morgan fingerprint density at radius 3 is 1.93 bits per heavy atom. The van der Waals surface area contributed by atoms with Gasteiger partial charge in [0.2, 0.25) is 0 Å². The molecule has 0 aromatic rings. The number of amides is 2. The van der Waals surface area contributed by atoms with Gasteiger partial charge in [0.15, 0.2) is 0 Å². The number of urea groups is 1. The highest BCUT2D eigenvalue weighted by atomic mass is 16.5. The van der Waals surface area contributed by atoms with Gasteiger partial charge >= 0.3 is 12.0 Å². The zero-order chi connectivity index (χ0) is 32.3. The van der Waals surface area contributed by atoms with Crippen LogP contribution in [0.2, 0.25) is 0 Å². The number of hydrogen-bond acceptors (Lipinski definition) is 3. The fourth-order valence-corrected chi connectivity index (χ4v) is 6.25. The summed E-state index contributed by atoms with van der Waals surface area (Å²) in [7, 11) is 0. The van der Waals surface area contributed by atoms with Crippen molar-refractivity contribution in [3.63, 3.8) is 0 Å². The van der Waals surface area contributed by atoms with E-state index in [0.717, 1.165) is 83.7 Å². The van der Waals surface area contributed by atoms with E-state index in [-0.39, 0.29) is 24.1 Å². The van der Waals surface area contributed by atoms with Crippen LogP contribution >= 0.6 is 0 Å². The summed E-state index contributed by atoms with van der Waals surface area (Å²) in [5.74, 6) is 0.602. The van der Waals surface area contributed by atoms with Crippen LogP contribution in [0, 0.1) is 5.92 Å². The van der Waals surface area contributed by atoms with Gasteiger partial charge in [0.1, 0.15) is 6.10 Å². The Labute approximate surface area is 274 Å². The van der Waals surface area contributed by atoms with Crippen LogP contribution in [0.15, 0.2) is 11.6 Å².